The Hall–Kier alpha value is -1.10. The Morgan fingerprint density at radius 2 is 1.69 bits per heavy atom. The third-order valence-corrected chi connectivity index (χ3v) is 2.55. The Labute approximate surface area is 97.4 Å². The van der Waals surface area contributed by atoms with Gasteiger partial charge in [0.25, 0.3) is 0 Å². The van der Waals surface area contributed by atoms with E-state index in [1.165, 1.54) is 0 Å². The van der Waals surface area contributed by atoms with Crippen molar-refractivity contribution in [1.29, 1.82) is 0 Å². The summed E-state index contributed by atoms with van der Waals surface area (Å²) in [6.45, 7) is 5.78. The van der Waals surface area contributed by atoms with Crippen LogP contribution in [-0.4, -0.2) is 38.0 Å². The largest absolute Gasteiger partial charge is 0.357 e. The van der Waals surface area contributed by atoms with Gasteiger partial charge in [-0.2, -0.15) is 0 Å². The van der Waals surface area contributed by atoms with Crippen LogP contribution in [-0.2, 0) is 9.59 Å². The topological polar surface area (TPSA) is 70.2 Å². The van der Waals surface area contributed by atoms with Crippen LogP contribution in [0.2, 0.25) is 0 Å². The summed E-state index contributed by atoms with van der Waals surface area (Å²) in [5.74, 6) is -0.102. The molecule has 0 aromatic heterocycles. The molecule has 0 aliphatic carbocycles. The molecule has 0 aliphatic rings. The zero-order chi connectivity index (χ0) is 12.7. The van der Waals surface area contributed by atoms with Crippen LogP contribution in [0.5, 0.6) is 0 Å². The fourth-order valence-electron chi connectivity index (χ4n) is 1.56. The number of likely N-dealkylation sites (N-methyl/N-ethyl adjacent to an activating group) is 2. The maximum atomic E-state index is 11.9. The van der Waals surface area contributed by atoms with E-state index in [2.05, 4.69) is 16.0 Å². The summed E-state index contributed by atoms with van der Waals surface area (Å²) >= 11 is 0. The third-order valence-electron chi connectivity index (χ3n) is 2.55. The molecule has 0 aromatic rings. The minimum absolute atomic E-state index is 0.132. The molecule has 0 rings (SSSR count). The number of amides is 2. The van der Waals surface area contributed by atoms with E-state index in [0.29, 0.717) is 6.42 Å². The average Bonchev–Trinajstić information content (AvgIpc) is 2.25. The van der Waals surface area contributed by atoms with Crippen molar-refractivity contribution >= 4 is 11.8 Å². The second kappa shape index (κ2) is 7.22. The first-order chi connectivity index (χ1) is 7.47. The first kappa shape index (κ1) is 14.9. The Morgan fingerprint density at radius 3 is 2.00 bits per heavy atom. The van der Waals surface area contributed by atoms with Gasteiger partial charge in [-0.15, -0.1) is 0 Å². The van der Waals surface area contributed by atoms with Crippen LogP contribution in [0.4, 0.5) is 0 Å². The van der Waals surface area contributed by atoms with E-state index in [1.54, 1.807) is 14.1 Å². The minimum Gasteiger partial charge on any atom is -0.357 e. The summed E-state index contributed by atoms with van der Waals surface area (Å²) in [7, 11) is 3.31. The van der Waals surface area contributed by atoms with Gasteiger partial charge in [0.05, 0.1) is 6.04 Å². The Morgan fingerprint density at radius 1 is 1.12 bits per heavy atom. The molecule has 0 bridgehead atoms. The summed E-state index contributed by atoms with van der Waals surface area (Å²) in [5, 5.41) is 8.21. The maximum absolute atomic E-state index is 11.9. The van der Waals surface area contributed by atoms with Gasteiger partial charge >= 0.3 is 0 Å². The standard InChI is InChI=1S/C11H23N3O2/c1-6-8(10(15)13-5)14-11(16)9(12-4)7(2)3/h7-9,12H,6H2,1-5H3,(H,13,15)(H,14,16)/t8?,9-/m0/s1. The molecule has 0 saturated heterocycles. The van der Waals surface area contributed by atoms with E-state index in [9.17, 15) is 9.59 Å². The van der Waals surface area contributed by atoms with Crippen LogP contribution < -0.4 is 16.0 Å². The molecule has 0 aromatic carbocycles. The van der Waals surface area contributed by atoms with Gasteiger partial charge in [-0.3, -0.25) is 9.59 Å². The lowest BCUT2D eigenvalue weighted by Gasteiger charge is -2.22. The first-order valence-corrected chi connectivity index (χ1v) is 5.67. The van der Waals surface area contributed by atoms with Gasteiger partial charge in [-0.05, 0) is 19.4 Å². The van der Waals surface area contributed by atoms with Gasteiger partial charge in [0.1, 0.15) is 6.04 Å². The van der Waals surface area contributed by atoms with E-state index in [-0.39, 0.29) is 23.8 Å². The molecule has 2 atom stereocenters. The van der Waals surface area contributed by atoms with Gasteiger partial charge in [0, 0.05) is 7.05 Å². The molecular weight excluding hydrogens is 206 g/mol. The number of hydrogen-bond donors (Lipinski definition) is 3. The van der Waals surface area contributed by atoms with Crippen LogP contribution in [0.1, 0.15) is 27.2 Å². The Balaban J connectivity index is 4.45. The van der Waals surface area contributed by atoms with E-state index in [1.807, 2.05) is 20.8 Å². The van der Waals surface area contributed by atoms with Gasteiger partial charge < -0.3 is 16.0 Å². The molecule has 5 nitrogen and oxygen atoms in total. The van der Waals surface area contributed by atoms with Gasteiger partial charge in [-0.1, -0.05) is 20.8 Å². The first-order valence-electron chi connectivity index (χ1n) is 5.67. The highest BCUT2D eigenvalue weighted by atomic mass is 16.2. The fourth-order valence-corrected chi connectivity index (χ4v) is 1.56. The summed E-state index contributed by atoms with van der Waals surface area (Å²) in [5.41, 5.74) is 0. The Bertz CT molecular complexity index is 241. The van der Waals surface area contributed by atoms with Crippen molar-refractivity contribution in [2.45, 2.75) is 39.3 Å². The van der Waals surface area contributed by atoms with Crippen molar-refractivity contribution < 1.29 is 9.59 Å². The SMILES string of the molecule is CCC(NC(=O)[C@@H](NC)C(C)C)C(=O)NC. The highest BCUT2D eigenvalue weighted by molar-refractivity contribution is 5.89. The van der Waals surface area contributed by atoms with Crippen molar-refractivity contribution in [3.05, 3.63) is 0 Å². The smallest absolute Gasteiger partial charge is 0.242 e. The monoisotopic (exact) mass is 229 g/mol. The number of nitrogens with one attached hydrogen (secondary N) is 3. The molecule has 0 radical (unpaired) electrons. The van der Waals surface area contributed by atoms with E-state index in [0.717, 1.165) is 0 Å². The molecule has 16 heavy (non-hydrogen) atoms. The van der Waals surface area contributed by atoms with E-state index >= 15 is 0 Å². The summed E-state index contributed by atoms with van der Waals surface area (Å²) in [6.07, 6.45) is 0.583. The molecule has 0 fully saturated rings. The van der Waals surface area contributed by atoms with Crippen molar-refractivity contribution in [3.8, 4) is 0 Å². The lowest BCUT2D eigenvalue weighted by Crippen LogP contribution is -2.53. The highest BCUT2D eigenvalue weighted by Gasteiger charge is 2.24. The Kier molecular flexibility index (Phi) is 6.72. The average molecular weight is 229 g/mol. The molecule has 0 saturated carbocycles. The molecule has 5 heteroatoms. The molecule has 1 unspecified atom stereocenters. The molecular formula is C11H23N3O2. The van der Waals surface area contributed by atoms with Crippen molar-refractivity contribution in [1.82, 2.24) is 16.0 Å². The van der Waals surface area contributed by atoms with Crippen molar-refractivity contribution in [3.63, 3.8) is 0 Å². The van der Waals surface area contributed by atoms with E-state index < -0.39 is 6.04 Å². The number of hydrogen-bond acceptors (Lipinski definition) is 3. The highest BCUT2D eigenvalue weighted by Crippen LogP contribution is 2.02. The predicted octanol–water partition coefficient (Wildman–Crippen LogP) is -0.129. The van der Waals surface area contributed by atoms with Crippen LogP contribution >= 0.6 is 0 Å². The third kappa shape index (κ3) is 4.18. The second-order valence-electron chi connectivity index (χ2n) is 4.09. The zero-order valence-corrected chi connectivity index (χ0v) is 10.8. The summed E-state index contributed by atoms with van der Waals surface area (Å²) in [4.78, 5) is 23.3. The van der Waals surface area contributed by atoms with Crippen LogP contribution in [0, 0.1) is 5.92 Å². The van der Waals surface area contributed by atoms with Crippen molar-refractivity contribution in [2.75, 3.05) is 14.1 Å². The molecule has 0 spiro atoms. The predicted molar refractivity (Wildman–Crippen MR) is 64.0 cm³/mol. The number of rotatable bonds is 6. The minimum atomic E-state index is -0.452. The fraction of sp³-hybridized carbons (Fsp3) is 0.818. The zero-order valence-electron chi connectivity index (χ0n) is 10.8. The second-order valence-corrected chi connectivity index (χ2v) is 4.09. The number of carbonyl (C=O) groups is 2. The van der Waals surface area contributed by atoms with Crippen molar-refractivity contribution in [2.24, 2.45) is 5.92 Å². The summed E-state index contributed by atoms with van der Waals surface area (Å²) < 4.78 is 0. The van der Waals surface area contributed by atoms with Crippen LogP contribution in [0.3, 0.4) is 0 Å². The van der Waals surface area contributed by atoms with Gasteiger partial charge in [0.15, 0.2) is 0 Å². The number of carbonyl (C=O) groups excluding carboxylic acids is 2. The van der Waals surface area contributed by atoms with Gasteiger partial charge in [0.2, 0.25) is 11.8 Å². The molecule has 0 aliphatic heterocycles. The van der Waals surface area contributed by atoms with Gasteiger partial charge in [-0.25, -0.2) is 0 Å². The lowest BCUT2D eigenvalue weighted by molar-refractivity contribution is -0.130. The molecule has 3 N–H and O–H groups in total. The maximum Gasteiger partial charge on any atom is 0.242 e. The lowest BCUT2D eigenvalue weighted by atomic mass is 10.0. The van der Waals surface area contributed by atoms with E-state index in [4.69, 9.17) is 0 Å². The quantitative estimate of drug-likeness (QED) is 0.594. The van der Waals surface area contributed by atoms with Crippen LogP contribution in [0.25, 0.3) is 0 Å². The normalized spacial score (nSPS) is 14.4. The molecule has 2 amide bonds. The van der Waals surface area contributed by atoms with Crippen LogP contribution in [0.15, 0.2) is 0 Å². The molecule has 0 heterocycles. The summed E-state index contributed by atoms with van der Waals surface area (Å²) in [6, 6.07) is -0.717. The molecule has 94 valence electrons.